The summed E-state index contributed by atoms with van der Waals surface area (Å²) >= 11 is 4.91. The van der Waals surface area contributed by atoms with E-state index in [1.165, 1.54) is 0 Å². The molecule has 1 aliphatic heterocycles. The minimum atomic E-state index is 0.323. The van der Waals surface area contributed by atoms with Crippen LogP contribution in [0.1, 0.15) is 19.5 Å². The standard InChI is InChI=1S/C11H16N4S/c1-7-5-15(6-8(7)2)11-13-4-3-9(14-11)10(12)16/h3-4,7-8H,5-6H2,1-2H3,(H2,12,16). The molecule has 2 atom stereocenters. The lowest BCUT2D eigenvalue weighted by atomic mass is 10.0. The first-order valence-corrected chi connectivity index (χ1v) is 5.86. The number of aromatic nitrogens is 2. The highest BCUT2D eigenvalue weighted by molar-refractivity contribution is 7.80. The van der Waals surface area contributed by atoms with Crippen molar-refractivity contribution in [2.45, 2.75) is 13.8 Å². The molecule has 0 radical (unpaired) electrons. The van der Waals surface area contributed by atoms with Crippen molar-refractivity contribution in [2.24, 2.45) is 17.6 Å². The summed E-state index contributed by atoms with van der Waals surface area (Å²) in [6, 6.07) is 1.74. The number of hydrogen-bond acceptors (Lipinski definition) is 4. The van der Waals surface area contributed by atoms with Crippen LogP contribution in [0.5, 0.6) is 0 Å². The maximum Gasteiger partial charge on any atom is 0.225 e. The van der Waals surface area contributed by atoms with Crippen molar-refractivity contribution >= 4 is 23.2 Å². The number of rotatable bonds is 2. The first-order chi connectivity index (χ1) is 7.58. The third-order valence-electron chi connectivity index (χ3n) is 3.17. The monoisotopic (exact) mass is 236 g/mol. The predicted octanol–water partition coefficient (Wildman–Crippen LogP) is 1.20. The second-order valence-electron chi connectivity index (χ2n) is 4.47. The Morgan fingerprint density at radius 3 is 2.62 bits per heavy atom. The highest BCUT2D eigenvalue weighted by Gasteiger charge is 2.27. The summed E-state index contributed by atoms with van der Waals surface area (Å²) in [6.45, 7) is 6.51. The SMILES string of the molecule is CC1CN(c2nccc(C(N)=S)n2)CC1C. The van der Waals surface area contributed by atoms with Crippen LogP contribution in [0.2, 0.25) is 0 Å². The number of anilines is 1. The van der Waals surface area contributed by atoms with Gasteiger partial charge in [0.15, 0.2) is 0 Å². The van der Waals surface area contributed by atoms with Crippen LogP contribution in [-0.2, 0) is 0 Å². The van der Waals surface area contributed by atoms with Crippen LogP contribution in [0.4, 0.5) is 5.95 Å². The average Bonchev–Trinajstić information content (AvgIpc) is 2.59. The van der Waals surface area contributed by atoms with Gasteiger partial charge in [0, 0.05) is 19.3 Å². The summed E-state index contributed by atoms with van der Waals surface area (Å²) in [7, 11) is 0. The van der Waals surface area contributed by atoms with Gasteiger partial charge in [0.05, 0.1) is 0 Å². The molecule has 0 aromatic carbocycles. The van der Waals surface area contributed by atoms with E-state index in [0.717, 1.165) is 19.0 Å². The molecule has 1 aromatic heterocycles. The zero-order chi connectivity index (χ0) is 11.7. The van der Waals surface area contributed by atoms with Crippen molar-refractivity contribution in [3.63, 3.8) is 0 Å². The maximum atomic E-state index is 5.56. The highest BCUT2D eigenvalue weighted by atomic mass is 32.1. The number of hydrogen-bond donors (Lipinski definition) is 1. The lowest BCUT2D eigenvalue weighted by Gasteiger charge is -2.15. The van der Waals surface area contributed by atoms with Gasteiger partial charge in [-0.25, -0.2) is 9.97 Å². The van der Waals surface area contributed by atoms with Gasteiger partial charge in [0.1, 0.15) is 10.7 Å². The van der Waals surface area contributed by atoms with Crippen LogP contribution in [0.3, 0.4) is 0 Å². The van der Waals surface area contributed by atoms with Crippen molar-refractivity contribution in [2.75, 3.05) is 18.0 Å². The van der Waals surface area contributed by atoms with Crippen molar-refractivity contribution in [1.82, 2.24) is 9.97 Å². The minimum Gasteiger partial charge on any atom is -0.388 e. The molecule has 2 heterocycles. The van der Waals surface area contributed by atoms with E-state index in [1.807, 2.05) is 0 Å². The fraction of sp³-hybridized carbons (Fsp3) is 0.545. The van der Waals surface area contributed by atoms with Gasteiger partial charge in [0.25, 0.3) is 0 Å². The second-order valence-corrected chi connectivity index (χ2v) is 4.91. The molecule has 0 aliphatic carbocycles. The molecule has 4 nitrogen and oxygen atoms in total. The van der Waals surface area contributed by atoms with E-state index in [0.29, 0.717) is 22.5 Å². The molecule has 1 aliphatic rings. The Morgan fingerprint density at radius 1 is 1.44 bits per heavy atom. The molecule has 1 aromatic rings. The molecule has 2 N–H and O–H groups in total. The predicted molar refractivity (Wildman–Crippen MR) is 68.5 cm³/mol. The summed E-state index contributed by atoms with van der Waals surface area (Å²) in [4.78, 5) is 11.2. The zero-order valence-electron chi connectivity index (χ0n) is 9.55. The first-order valence-electron chi connectivity index (χ1n) is 5.45. The van der Waals surface area contributed by atoms with E-state index in [4.69, 9.17) is 18.0 Å². The summed E-state index contributed by atoms with van der Waals surface area (Å²) < 4.78 is 0. The van der Waals surface area contributed by atoms with Crippen molar-refractivity contribution < 1.29 is 0 Å². The van der Waals surface area contributed by atoms with Gasteiger partial charge in [-0.05, 0) is 17.9 Å². The van der Waals surface area contributed by atoms with E-state index >= 15 is 0 Å². The van der Waals surface area contributed by atoms with E-state index in [-0.39, 0.29) is 0 Å². The molecule has 2 unspecified atom stereocenters. The molecular weight excluding hydrogens is 220 g/mol. The van der Waals surface area contributed by atoms with Crippen molar-refractivity contribution in [1.29, 1.82) is 0 Å². The minimum absolute atomic E-state index is 0.323. The third-order valence-corrected chi connectivity index (χ3v) is 3.38. The molecule has 2 rings (SSSR count). The fourth-order valence-corrected chi connectivity index (χ4v) is 2.04. The van der Waals surface area contributed by atoms with Crippen LogP contribution in [0.15, 0.2) is 12.3 Å². The number of nitrogens with zero attached hydrogens (tertiary/aromatic N) is 3. The van der Waals surface area contributed by atoms with Crippen molar-refractivity contribution in [3.8, 4) is 0 Å². The molecule has 16 heavy (non-hydrogen) atoms. The van der Waals surface area contributed by atoms with Crippen LogP contribution in [-0.4, -0.2) is 28.0 Å². The van der Waals surface area contributed by atoms with E-state index in [9.17, 15) is 0 Å². The Balaban J connectivity index is 2.21. The molecule has 0 saturated carbocycles. The Bertz CT molecular complexity index is 397. The third kappa shape index (κ3) is 2.14. The van der Waals surface area contributed by atoms with Crippen LogP contribution >= 0.6 is 12.2 Å². The van der Waals surface area contributed by atoms with Gasteiger partial charge in [-0.1, -0.05) is 26.1 Å². The molecule has 0 bridgehead atoms. The second kappa shape index (κ2) is 4.33. The topological polar surface area (TPSA) is 55.0 Å². The van der Waals surface area contributed by atoms with E-state index < -0.39 is 0 Å². The fourth-order valence-electron chi connectivity index (χ4n) is 1.93. The Hall–Kier alpha value is -1.23. The van der Waals surface area contributed by atoms with Gasteiger partial charge in [-0.15, -0.1) is 0 Å². The molecule has 1 fully saturated rings. The van der Waals surface area contributed by atoms with Crippen LogP contribution in [0, 0.1) is 11.8 Å². The van der Waals surface area contributed by atoms with Gasteiger partial charge < -0.3 is 10.6 Å². The molecule has 0 amide bonds. The number of thiocarbonyl (C=S) groups is 1. The lowest BCUT2D eigenvalue weighted by molar-refractivity contribution is 0.494. The quantitative estimate of drug-likeness (QED) is 0.782. The maximum absolute atomic E-state index is 5.56. The molecule has 86 valence electrons. The largest absolute Gasteiger partial charge is 0.388 e. The van der Waals surface area contributed by atoms with Gasteiger partial charge in [0.2, 0.25) is 5.95 Å². The Labute approximate surface area is 101 Å². The van der Waals surface area contributed by atoms with E-state index in [1.54, 1.807) is 12.3 Å². The van der Waals surface area contributed by atoms with Crippen molar-refractivity contribution in [3.05, 3.63) is 18.0 Å². The zero-order valence-corrected chi connectivity index (χ0v) is 10.4. The molecule has 5 heteroatoms. The number of nitrogens with two attached hydrogens (primary N) is 1. The molecule has 0 spiro atoms. The first kappa shape index (κ1) is 11.3. The highest BCUT2D eigenvalue weighted by Crippen LogP contribution is 2.25. The Morgan fingerprint density at radius 2 is 2.06 bits per heavy atom. The average molecular weight is 236 g/mol. The Kier molecular flexibility index (Phi) is 3.05. The summed E-state index contributed by atoms with van der Waals surface area (Å²) in [5, 5.41) is 0. The van der Waals surface area contributed by atoms with Gasteiger partial charge in [-0.2, -0.15) is 0 Å². The molecule has 1 saturated heterocycles. The smallest absolute Gasteiger partial charge is 0.225 e. The summed E-state index contributed by atoms with van der Waals surface area (Å²) in [5.41, 5.74) is 6.20. The normalized spacial score (nSPS) is 24.8. The van der Waals surface area contributed by atoms with E-state index in [2.05, 4.69) is 28.7 Å². The van der Waals surface area contributed by atoms with Crippen LogP contribution < -0.4 is 10.6 Å². The van der Waals surface area contributed by atoms with Gasteiger partial charge >= 0.3 is 0 Å². The van der Waals surface area contributed by atoms with Gasteiger partial charge in [-0.3, -0.25) is 0 Å². The summed E-state index contributed by atoms with van der Waals surface area (Å²) in [5.74, 6) is 2.09. The lowest BCUT2D eigenvalue weighted by Crippen LogP contribution is -2.23. The summed E-state index contributed by atoms with van der Waals surface area (Å²) in [6.07, 6.45) is 1.71. The molecular formula is C11H16N4S. The van der Waals surface area contributed by atoms with Crippen LogP contribution in [0.25, 0.3) is 0 Å².